The minimum Gasteiger partial charge on any atom is -0.208 e. The molecule has 0 amide bonds. The summed E-state index contributed by atoms with van der Waals surface area (Å²) in [5.74, 6) is 1.93. The molecule has 0 saturated heterocycles. The van der Waals surface area contributed by atoms with Crippen molar-refractivity contribution < 1.29 is 0 Å². The van der Waals surface area contributed by atoms with Crippen molar-refractivity contribution in [1.29, 1.82) is 0 Å². The van der Waals surface area contributed by atoms with Crippen molar-refractivity contribution >= 4 is 32.3 Å². The third-order valence-electron chi connectivity index (χ3n) is 10.3. The Kier molecular flexibility index (Phi) is 7.81. The fraction of sp³-hybridized carbons (Fsp3) is 0. The topological polar surface area (TPSA) is 38.7 Å². The molecule has 10 aromatic rings. The summed E-state index contributed by atoms with van der Waals surface area (Å²) in [6.45, 7) is 0. The van der Waals surface area contributed by atoms with E-state index in [9.17, 15) is 0 Å². The van der Waals surface area contributed by atoms with Gasteiger partial charge in [-0.15, -0.1) is 0 Å². The van der Waals surface area contributed by atoms with Crippen LogP contribution < -0.4 is 0 Å². The Morgan fingerprint density at radius 1 is 0.222 bits per heavy atom. The van der Waals surface area contributed by atoms with Crippen LogP contribution in [0.4, 0.5) is 0 Å². The van der Waals surface area contributed by atoms with Crippen molar-refractivity contribution in [3.05, 3.63) is 200 Å². The molecule has 0 aliphatic rings. The van der Waals surface area contributed by atoms with Gasteiger partial charge in [-0.25, -0.2) is 15.0 Å². The van der Waals surface area contributed by atoms with Crippen LogP contribution in [0.3, 0.4) is 0 Å². The van der Waals surface area contributed by atoms with Crippen molar-refractivity contribution in [2.75, 3.05) is 0 Å². The van der Waals surface area contributed by atoms with E-state index in [1.807, 2.05) is 30.3 Å². The first kappa shape index (κ1) is 31.5. The Morgan fingerprint density at radius 2 is 0.630 bits per heavy atom. The molecular formula is C51H33N3. The zero-order valence-electron chi connectivity index (χ0n) is 29.4. The van der Waals surface area contributed by atoms with Gasteiger partial charge in [0, 0.05) is 16.7 Å². The molecule has 0 fully saturated rings. The number of benzene rings is 9. The molecule has 3 nitrogen and oxygen atoms in total. The third kappa shape index (κ3) is 5.88. The maximum Gasteiger partial charge on any atom is 0.164 e. The van der Waals surface area contributed by atoms with E-state index in [1.54, 1.807) is 0 Å². The summed E-state index contributed by atoms with van der Waals surface area (Å²) in [6, 6.07) is 70.7. The first-order valence-electron chi connectivity index (χ1n) is 18.3. The van der Waals surface area contributed by atoms with Crippen molar-refractivity contribution in [1.82, 2.24) is 15.0 Å². The summed E-state index contributed by atoms with van der Waals surface area (Å²) >= 11 is 0. The molecule has 0 aliphatic heterocycles. The van der Waals surface area contributed by atoms with Crippen molar-refractivity contribution in [3.63, 3.8) is 0 Å². The molecule has 54 heavy (non-hydrogen) atoms. The zero-order chi connectivity index (χ0) is 35.8. The average molecular weight is 688 g/mol. The lowest BCUT2D eigenvalue weighted by Gasteiger charge is -2.12. The number of fused-ring (bicyclic) bond motifs is 4. The Balaban J connectivity index is 0.980. The summed E-state index contributed by atoms with van der Waals surface area (Å²) < 4.78 is 0. The highest BCUT2D eigenvalue weighted by atomic mass is 15.0. The van der Waals surface area contributed by atoms with Gasteiger partial charge in [0.2, 0.25) is 0 Å². The second-order valence-corrected chi connectivity index (χ2v) is 13.7. The molecule has 9 aromatic carbocycles. The second kappa shape index (κ2) is 13.4. The largest absolute Gasteiger partial charge is 0.208 e. The molecule has 0 aliphatic carbocycles. The van der Waals surface area contributed by atoms with Crippen LogP contribution in [0, 0.1) is 0 Å². The SMILES string of the molecule is c1ccc(-c2nc(-c3ccc(-c4ccc(-c5ccc6ccccc6c5)cc4)cc3)nc(-c3ccc(-c4cc5ccccc5c5ccccc45)cc3)n2)cc1. The molecule has 3 heteroatoms. The number of rotatable bonds is 6. The third-order valence-corrected chi connectivity index (χ3v) is 10.3. The van der Waals surface area contributed by atoms with Crippen molar-refractivity contribution in [2.45, 2.75) is 0 Å². The van der Waals surface area contributed by atoms with E-state index in [1.165, 1.54) is 49.0 Å². The van der Waals surface area contributed by atoms with Gasteiger partial charge in [-0.1, -0.05) is 188 Å². The maximum absolute atomic E-state index is 5.04. The molecule has 10 rings (SSSR count). The van der Waals surface area contributed by atoms with Gasteiger partial charge in [0.15, 0.2) is 17.5 Å². The van der Waals surface area contributed by atoms with Crippen LogP contribution in [0.1, 0.15) is 0 Å². The molecule has 0 bridgehead atoms. The van der Waals surface area contributed by atoms with Crippen LogP contribution in [-0.2, 0) is 0 Å². The molecule has 0 unspecified atom stereocenters. The molecule has 0 atom stereocenters. The molecule has 1 heterocycles. The van der Waals surface area contributed by atoms with Gasteiger partial charge in [0.25, 0.3) is 0 Å². The molecule has 0 saturated carbocycles. The number of aromatic nitrogens is 3. The first-order valence-corrected chi connectivity index (χ1v) is 18.3. The number of hydrogen-bond donors (Lipinski definition) is 0. The lowest BCUT2D eigenvalue weighted by Crippen LogP contribution is -2.00. The fourth-order valence-corrected chi connectivity index (χ4v) is 7.48. The van der Waals surface area contributed by atoms with E-state index in [4.69, 9.17) is 15.0 Å². The number of nitrogens with zero attached hydrogens (tertiary/aromatic N) is 3. The van der Waals surface area contributed by atoms with Crippen LogP contribution in [0.25, 0.3) is 99.9 Å². The Hall–Kier alpha value is -7.23. The molecule has 0 radical (unpaired) electrons. The lowest BCUT2D eigenvalue weighted by atomic mass is 9.93. The summed E-state index contributed by atoms with van der Waals surface area (Å²) in [5.41, 5.74) is 9.90. The average Bonchev–Trinajstić information content (AvgIpc) is 3.26. The zero-order valence-corrected chi connectivity index (χ0v) is 29.4. The molecular weight excluding hydrogens is 655 g/mol. The molecule has 1 aromatic heterocycles. The van der Waals surface area contributed by atoms with E-state index in [-0.39, 0.29) is 0 Å². The van der Waals surface area contributed by atoms with Crippen LogP contribution in [-0.4, -0.2) is 15.0 Å². The highest BCUT2D eigenvalue weighted by Gasteiger charge is 2.14. The Bertz CT molecular complexity index is 2950. The van der Waals surface area contributed by atoms with Gasteiger partial charge < -0.3 is 0 Å². The maximum atomic E-state index is 5.04. The van der Waals surface area contributed by atoms with Gasteiger partial charge in [0.05, 0.1) is 0 Å². The minimum absolute atomic E-state index is 0.640. The minimum atomic E-state index is 0.640. The van der Waals surface area contributed by atoms with Crippen LogP contribution in [0.5, 0.6) is 0 Å². The van der Waals surface area contributed by atoms with Crippen molar-refractivity contribution in [2.24, 2.45) is 0 Å². The van der Waals surface area contributed by atoms with Crippen LogP contribution in [0.15, 0.2) is 200 Å². The predicted octanol–water partition coefficient (Wildman–Crippen LogP) is 13.3. The highest BCUT2D eigenvalue weighted by Crippen LogP contribution is 2.36. The monoisotopic (exact) mass is 687 g/mol. The van der Waals surface area contributed by atoms with Gasteiger partial charge in [-0.2, -0.15) is 0 Å². The normalized spacial score (nSPS) is 11.3. The van der Waals surface area contributed by atoms with E-state index < -0.39 is 0 Å². The van der Waals surface area contributed by atoms with E-state index in [0.717, 1.165) is 33.4 Å². The Morgan fingerprint density at radius 3 is 1.24 bits per heavy atom. The van der Waals surface area contributed by atoms with Gasteiger partial charge >= 0.3 is 0 Å². The lowest BCUT2D eigenvalue weighted by molar-refractivity contribution is 1.07. The van der Waals surface area contributed by atoms with Crippen LogP contribution >= 0.6 is 0 Å². The highest BCUT2D eigenvalue weighted by molar-refractivity contribution is 6.13. The van der Waals surface area contributed by atoms with Gasteiger partial charge in [0.1, 0.15) is 0 Å². The van der Waals surface area contributed by atoms with Crippen molar-refractivity contribution in [3.8, 4) is 67.5 Å². The van der Waals surface area contributed by atoms with Gasteiger partial charge in [-0.05, 0) is 77.8 Å². The standard InChI is InChI=1S/C51H33N3/c1-2-11-39(12-3-1)49-52-50(40-27-22-36(23-28-40)35-18-20-37(21-19-35)43-31-24-34-10-4-5-13-42(34)32-43)54-51(53-49)41-29-25-38(26-30-41)48-33-44-14-6-7-15-45(44)46-16-8-9-17-47(46)48/h1-33H. The summed E-state index contributed by atoms with van der Waals surface area (Å²) in [4.78, 5) is 15.0. The second-order valence-electron chi connectivity index (χ2n) is 13.7. The van der Waals surface area contributed by atoms with E-state index in [2.05, 4.69) is 170 Å². The smallest absolute Gasteiger partial charge is 0.164 e. The summed E-state index contributed by atoms with van der Waals surface area (Å²) in [7, 11) is 0. The summed E-state index contributed by atoms with van der Waals surface area (Å²) in [6.07, 6.45) is 0. The number of hydrogen-bond acceptors (Lipinski definition) is 3. The molecule has 0 N–H and O–H groups in total. The first-order chi connectivity index (χ1) is 26.7. The van der Waals surface area contributed by atoms with E-state index in [0.29, 0.717) is 17.5 Å². The van der Waals surface area contributed by atoms with Crippen LogP contribution in [0.2, 0.25) is 0 Å². The molecule has 252 valence electrons. The van der Waals surface area contributed by atoms with E-state index >= 15 is 0 Å². The Labute approximate surface area is 313 Å². The fourth-order valence-electron chi connectivity index (χ4n) is 7.48. The quantitative estimate of drug-likeness (QED) is 0.163. The van der Waals surface area contributed by atoms with Gasteiger partial charge in [-0.3, -0.25) is 0 Å². The predicted molar refractivity (Wildman–Crippen MR) is 225 cm³/mol. The summed E-state index contributed by atoms with van der Waals surface area (Å²) in [5, 5.41) is 7.49. The molecule has 0 spiro atoms.